The lowest BCUT2D eigenvalue weighted by Crippen LogP contribution is -2.21. The third-order valence-electron chi connectivity index (χ3n) is 3.06. The predicted molar refractivity (Wildman–Crippen MR) is 62.3 cm³/mol. The zero-order valence-corrected chi connectivity index (χ0v) is 9.00. The maximum Gasteiger partial charge on any atom is 0.315 e. The Morgan fingerprint density at radius 3 is 2.88 bits per heavy atom. The van der Waals surface area contributed by atoms with Crippen LogP contribution in [0.4, 0.5) is 4.79 Å². The molecular weight excluding hydrogens is 202 g/mol. The minimum Gasteiger partial charge on any atom is -0.358 e. The topological polar surface area (TPSA) is 56.9 Å². The van der Waals surface area contributed by atoms with Gasteiger partial charge in [-0.15, -0.1) is 0 Å². The fourth-order valence-electron chi connectivity index (χ4n) is 2.38. The van der Waals surface area contributed by atoms with E-state index in [2.05, 4.69) is 27.8 Å². The summed E-state index contributed by atoms with van der Waals surface area (Å²) in [5.74, 6) is 0. The number of amides is 2. The van der Waals surface area contributed by atoms with E-state index >= 15 is 0 Å². The second-order valence-corrected chi connectivity index (χ2v) is 4.12. The normalized spacial score (nSPS) is 19.8. The van der Waals surface area contributed by atoms with Gasteiger partial charge in [-0.2, -0.15) is 0 Å². The first-order valence-electron chi connectivity index (χ1n) is 5.37. The Balaban J connectivity index is 2.15. The van der Waals surface area contributed by atoms with Crippen molar-refractivity contribution in [2.24, 2.45) is 0 Å². The lowest BCUT2D eigenvalue weighted by atomic mass is 10.0. The Kier molecular flexibility index (Phi) is 1.89. The molecule has 0 saturated carbocycles. The summed E-state index contributed by atoms with van der Waals surface area (Å²) < 4.78 is 0. The fraction of sp³-hybridized carbons (Fsp3) is 0.250. The largest absolute Gasteiger partial charge is 0.358 e. The summed E-state index contributed by atoms with van der Waals surface area (Å²) in [4.78, 5) is 14.5. The number of carbonyl (C=O) groups is 1. The van der Waals surface area contributed by atoms with Gasteiger partial charge in [-0.1, -0.05) is 18.2 Å². The van der Waals surface area contributed by atoms with Crippen LogP contribution in [0.3, 0.4) is 0 Å². The molecule has 1 saturated heterocycles. The number of para-hydroxylation sites is 1. The Morgan fingerprint density at radius 1 is 1.31 bits per heavy atom. The molecular formula is C12H13N3O. The Morgan fingerprint density at radius 2 is 2.12 bits per heavy atom. The third-order valence-corrected chi connectivity index (χ3v) is 3.06. The van der Waals surface area contributed by atoms with E-state index in [0.717, 1.165) is 11.2 Å². The molecule has 1 aliphatic heterocycles. The van der Waals surface area contributed by atoms with E-state index in [-0.39, 0.29) is 12.1 Å². The van der Waals surface area contributed by atoms with Crippen LogP contribution < -0.4 is 10.6 Å². The lowest BCUT2D eigenvalue weighted by Gasteiger charge is -2.08. The summed E-state index contributed by atoms with van der Waals surface area (Å²) in [6.45, 7) is 2.70. The van der Waals surface area contributed by atoms with Gasteiger partial charge in [-0.3, -0.25) is 0 Å². The summed E-state index contributed by atoms with van der Waals surface area (Å²) in [5.41, 5.74) is 3.43. The molecule has 1 fully saturated rings. The molecule has 2 heterocycles. The number of aromatic nitrogens is 1. The monoisotopic (exact) mass is 215 g/mol. The van der Waals surface area contributed by atoms with Gasteiger partial charge in [0, 0.05) is 28.7 Å². The maximum atomic E-state index is 11.2. The summed E-state index contributed by atoms with van der Waals surface area (Å²) in [7, 11) is 0. The van der Waals surface area contributed by atoms with Gasteiger partial charge in [-0.05, 0) is 13.0 Å². The molecule has 1 aromatic heterocycles. The molecule has 4 nitrogen and oxygen atoms in total. The highest BCUT2D eigenvalue weighted by Gasteiger charge is 2.25. The van der Waals surface area contributed by atoms with Crippen molar-refractivity contribution in [2.45, 2.75) is 13.0 Å². The smallest absolute Gasteiger partial charge is 0.315 e. The number of fused-ring (bicyclic) bond motifs is 1. The van der Waals surface area contributed by atoms with Crippen molar-refractivity contribution < 1.29 is 4.79 Å². The Hall–Kier alpha value is -1.97. The van der Waals surface area contributed by atoms with Crippen molar-refractivity contribution in [1.29, 1.82) is 0 Å². The van der Waals surface area contributed by atoms with E-state index < -0.39 is 0 Å². The van der Waals surface area contributed by atoms with Gasteiger partial charge in [0.15, 0.2) is 0 Å². The van der Waals surface area contributed by atoms with E-state index in [0.29, 0.717) is 6.54 Å². The van der Waals surface area contributed by atoms with Crippen LogP contribution in [-0.2, 0) is 0 Å². The number of urea groups is 1. The molecule has 3 rings (SSSR count). The van der Waals surface area contributed by atoms with Gasteiger partial charge in [-0.25, -0.2) is 4.79 Å². The van der Waals surface area contributed by atoms with Crippen LogP contribution in [-0.4, -0.2) is 17.6 Å². The van der Waals surface area contributed by atoms with Crippen LogP contribution >= 0.6 is 0 Å². The molecule has 1 aliphatic rings. The quantitative estimate of drug-likeness (QED) is 0.667. The SMILES string of the molecule is Cc1[nH]c2ccccc2c1C1CNC(=O)N1. The molecule has 0 spiro atoms. The highest BCUT2D eigenvalue weighted by Crippen LogP contribution is 2.28. The number of aromatic amines is 1. The number of nitrogens with one attached hydrogen (secondary N) is 3. The average Bonchev–Trinajstić information content (AvgIpc) is 2.80. The van der Waals surface area contributed by atoms with Crippen LogP contribution in [0.5, 0.6) is 0 Å². The minimum absolute atomic E-state index is 0.0728. The maximum absolute atomic E-state index is 11.2. The summed E-state index contributed by atoms with van der Waals surface area (Å²) in [6.07, 6.45) is 0. The number of carbonyl (C=O) groups excluding carboxylic acids is 1. The average molecular weight is 215 g/mol. The summed E-state index contributed by atoms with van der Waals surface area (Å²) >= 11 is 0. The van der Waals surface area contributed by atoms with Crippen molar-refractivity contribution in [3.8, 4) is 0 Å². The molecule has 1 unspecified atom stereocenters. The molecule has 0 bridgehead atoms. The standard InChI is InChI=1S/C12H13N3O/c1-7-11(10-6-13-12(16)15-10)8-4-2-3-5-9(8)14-7/h2-5,10,14H,6H2,1H3,(H2,13,15,16). The van der Waals surface area contributed by atoms with Gasteiger partial charge in [0.1, 0.15) is 0 Å². The van der Waals surface area contributed by atoms with Crippen LogP contribution in [0.15, 0.2) is 24.3 Å². The van der Waals surface area contributed by atoms with E-state index in [1.165, 1.54) is 10.9 Å². The number of benzene rings is 1. The molecule has 2 amide bonds. The van der Waals surface area contributed by atoms with Crippen LogP contribution in [0.1, 0.15) is 17.3 Å². The zero-order chi connectivity index (χ0) is 11.1. The molecule has 16 heavy (non-hydrogen) atoms. The van der Waals surface area contributed by atoms with Crippen LogP contribution in [0, 0.1) is 6.92 Å². The fourth-order valence-corrected chi connectivity index (χ4v) is 2.38. The highest BCUT2D eigenvalue weighted by molar-refractivity contribution is 5.87. The first-order chi connectivity index (χ1) is 7.75. The number of rotatable bonds is 1. The van der Waals surface area contributed by atoms with Crippen molar-refractivity contribution in [2.75, 3.05) is 6.54 Å². The van der Waals surface area contributed by atoms with E-state index in [4.69, 9.17) is 0 Å². The molecule has 3 N–H and O–H groups in total. The van der Waals surface area contributed by atoms with Crippen molar-refractivity contribution in [3.05, 3.63) is 35.5 Å². The summed E-state index contributed by atoms with van der Waals surface area (Å²) in [5, 5.41) is 6.89. The Labute approximate surface area is 93.0 Å². The highest BCUT2D eigenvalue weighted by atomic mass is 16.2. The molecule has 2 aromatic rings. The van der Waals surface area contributed by atoms with Crippen LogP contribution in [0.2, 0.25) is 0 Å². The van der Waals surface area contributed by atoms with Crippen molar-refractivity contribution in [1.82, 2.24) is 15.6 Å². The van der Waals surface area contributed by atoms with Gasteiger partial charge >= 0.3 is 6.03 Å². The Bertz CT molecular complexity index is 558. The number of hydrogen-bond acceptors (Lipinski definition) is 1. The third kappa shape index (κ3) is 1.26. The second-order valence-electron chi connectivity index (χ2n) is 4.12. The van der Waals surface area contributed by atoms with E-state index in [1.807, 2.05) is 19.1 Å². The molecule has 1 aromatic carbocycles. The minimum atomic E-state index is -0.0883. The molecule has 1 atom stereocenters. The molecule has 0 radical (unpaired) electrons. The van der Waals surface area contributed by atoms with Gasteiger partial charge in [0.25, 0.3) is 0 Å². The first kappa shape index (κ1) is 9.27. The zero-order valence-electron chi connectivity index (χ0n) is 9.00. The number of H-pyrrole nitrogens is 1. The molecule has 0 aliphatic carbocycles. The van der Waals surface area contributed by atoms with Gasteiger partial charge in [0.05, 0.1) is 6.04 Å². The first-order valence-corrected chi connectivity index (χ1v) is 5.37. The van der Waals surface area contributed by atoms with Crippen LogP contribution in [0.25, 0.3) is 10.9 Å². The van der Waals surface area contributed by atoms with E-state index in [9.17, 15) is 4.79 Å². The van der Waals surface area contributed by atoms with Gasteiger partial charge < -0.3 is 15.6 Å². The van der Waals surface area contributed by atoms with E-state index in [1.54, 1.807) is 0 Å². The number of hydrogen-bond donors (Lipinski definition) is 3. The molecule has 82 valence electrons. The molecule has 4 heteroatoms. The lowest BCUT2D eigenvalue weighted by molar-refractivity contribution is 0.247. The summed E-state index contributed by atoms with van der Waals surface area (Å²) in [6, 6.07) is 8.14. The number of aryl methyl sites for hydroxylation is 1. The van der Waals surface area contributed by atoms with Gasteiger partial charge in [0.2, 0.25) is 0 Å². The predicted octanol–water partition coefficient (Wildman–Crippen LogP) is 1.83. The van der Waals surface area contributed by atoms with Crippen molar-refractivity contribution >= 4 is 16.9 Å². The second kappa shape index (κ2) is 3.27. The van der Waals surface area contributed by atoms with Crippen molar-refractivity contribution in [3.63, 3.8) is 0 Å².